The van der Waals surface area contributed by atoms with Gasteiger partial charge < -0.3 is 29.6 Å². The van der Waals surface area contributed by atoms with Crippen LogP contribution in [0.5, 0.6) is 11.5 Å². The van der Waals surface area contributed by atoms with Crippen LogP contribution in [0.3, 0.4) is 0 Å². The Hall–Kier alpha value is -3.10. The number of ether oxygens (including phenoxy) is 2. The summed E-state index contributed by atoms with van der Waals surface area (Å²) in [5.74, 6) is 1.19. The fourth-order valence-corrected chi connectivity index (χ4v) is 4.76. The van der Waals surface area contributed by atoms with Crippen LogP contribution in [0.2, 0.25) is 0 Å². The topological polar surface area (TPSA) is 82.7 Å². The molecule has 0 aliphatic carbocycles. The molecular weight excluding hydrogens is 454 g/mol. The van der Waals surface area contributed by atoms with Crippen LogP contribution in [0.4, 0.5) is 11.4 Å². The van der Waals surface area contributed by atoms with Crippen molar-refractivity contribution in [2.24, 2.45) is 0 Å². The number of aromatic amines is 1. The Labute approximate surface area is 213 Å². The maximum absolute atomic E-state index is 12.6. The molecule has 1 fully saturated rings. The number of benzene rings is 1. The first kappa shape index (κ1) is 26.0. The number of aryl methyl sites for hydroxylation is 2. The number of methoxy groups -OCH3 is 1. The highest BCUT2D eigenvalue weighted by molar-refractivity contribution is 5.97. The van der Waals surface area contributed by atoms with Gasteiger partial charge in [-0.05, 0) is 63.5 Å². The van der Waals surface area contributed by atoms with E-state index in [2.05, 4.69) is 32.1 Å². The zero-order valence-electron chi connectivity index (χ0n) is 22.0. The number of nitrogens with one attached hydrogen (secondary N) is 2. The third-order valence-corrected chi connectivity index (χ3v) is 6.95. The lowest BCUT2D eigenvalue weighted by Crippen LogP contribution is -2.44. The molecule has 0 amide bonds. The largest absolute Gasteiger partial charge is 0.493 e. The molecule has 2 aromatic heterocycles. The van der Waals surface area contributed by atoms with Gasteiger partial charge in [0.2, 0.25) is 0 Å². The lowest BCUT2D eigenvalue weighted by atomic mass is 10.1. The van der Waals surface area contributed by atoms with Crippen molar-refractivity contribution < 1.29 is 9.47 Å². The molecular formula is C28H39N5O3. The van der Waals surface area contributed by atoms with Crippen molar-refractivity contribution in [2.75, 3.05) is 58.8 Å². The van der Waals surface area contributed by atoms with E-state index in [0.29, 0.717) is 23.6 Å². The highest BCUT2D eigenvalue weighted by atomic mass is 16.5. The first-order valence-electron chi connectivity index (χ1n) is 12.9. The number of unbranched alkanes of at least 4 members (excludes halogenated alkanes) is 3. The number of likely N-dealkylation sites (N-methyl/N-ethyl adjacent to an activating group) is 1. The number of anilines is 2. The normalized spacial score (nSPS) is 14.8. The average Bonchev–Trinajstić information content (AvgIpc) is 2.86. The summed E-state index contributed by atoms with van der Waals surface area (Å²) in [7, 11) is 3.81. The van der Waals surface area contributed by atoms with Crippen LogP contribution in [0.25, 0.3) is 10.9 Å². The summed E-state index contributed by atoms with van der Waals surface area (Å²) in [6.07, 6.45) is 8.11. The van der Waals surface area contributed by atoms with Crippen LogP contribution in [-0.2, 0) is 0 Å². The van der Waals surface area contributed by atoms with E-state index in [-0.39, 0.29) is 5.56 Å². The Kier molecular flexibility index (Phi) is 8.83. The number of H-pyrrole nitrogens is 1. The summed E-state index contributed by atoms with van der Waals surface area (Å²) < 4.78 is 11.8. The van der Waals surface area contributed by atoms with Crippen LogP contribution in [0.1, 0.15) is 36.8 Å². The van der Waals surface area contributed by atoms with Crippen LogP contribution >= 0.6 is 0 Å². The van der Waals surface area contributed by atoms with E-state index in [1.807, 2.05) is 38.4 Å². The Bertz CT molecular complexity index is 1200. The Balaban J connectivity index is 1.40. The van der Waals surface area contributed by atoms with Gasteiger partial charge in [-0.25, -0.2) is 0 Å². The van der Waals surface area contributed by atoms with Gasteiger partial charge in [-0.15, -0.1) is 0 Å². The molecule has 0 radical (unpaired) electrons. The van der Waals surface area contributed by atoms with Crippen molar-refractivity contribution >= 4 is 22.3 Å². The zero-order chi connectivity index (χ0) is 25.5. The Morgan fingerprint density at radius 3 is 2.47 bits per heavy atom. The molecule has 0 unspecified atom stereocenters. The molecule has 4 rings (SSSR count). The van der Waals surface area contributed by atoms with Gasteiger partial charge in [0.1, 0.15) is 0 Å². The molecule has 1 aliphatic rings. The molecule has 0 spiro atoms. The number of rotatable bonds is 11. The molecule has 8 nitrogen and oxygen atoms in total. The number of hydrogen-bond donors (Lipinski definition) is 2. The highest BCUT2D eigenvalue weighted by Gasteiger charge is 2.16. The lowest BCUT2D eigenvalue weighted by Gasteiger charge is -2.32. The predicted molar refractivity (Wildman–Crippen MR) is 146 cm³/mol. The van der Waals surface area contributed by atoms with Gasteiger partial charge in [-0.2, -0.15) is 0 Å². The van der Waals surface area contributed by atoms with Crippen molar-refractivity contribution in [3.05, 3.63) is 52.1 Å². The molecule has 3 aromatic rings. The Morgan fingerprint density at radius 1 is 1.03 bits per heavy atom. The summed E-state index contributed by atoms with van der Waals surface area (Å²) in [6, 6.07) is 5.42. The van der Waals surface area contributed by atoms with E-state index >= 15 is 0 Å². The molecule has 0 bridgehead atoms. The minimum absolute atomic E-state index is 0.198. The van der Waals surface area contributed by atoms with Crippen molar-refractivity contribution in [1.82, 2.24) is 19.8 Å². The van der Waals surface area contributed by atoms with Crippen LogP contribution < -0.4 is 20.3 Å². The van der Waals surface area contributed by atoms with E-state index in [4.69, 9.17) is 9.47 Å². The quantitative estimate of drug-likeness (QED) is 0.381. The second-order valence-corrected chi connectivity index (χ2v) is 9.75. The van der Waals surface area contributed by atoms with Gasteiger partial charge in [0.15, 0.2) is 11.5 Å². The first-order chi connectivity index (χ1) is 17.5. The van der Waals surface area contributed by atoms with E-state index in [1.165, 1.54) is 45.6 Å². The van der Waals surface area contributed by atoms with Crippen LogP contribution in [0, 0.1) is 13.8 Å². The molecule has 0 saturated carbocycles. The van der Waals surface area contributed by atoms with Crippen LogP contribution in [0.15, 0.2) is 35.4 Å². The molecule has 3 heterocycles. The standard InChI is InChI=1S/C28H39N5O3/c1-20-18-29-19-21(2)26(20)30-23-17-25(34)31-27-22(23)9-10-24(35-4)28(27)36-16-8-6-5-7-11-33-14-12-32(3)13-15-33/h9-10,17-19H,5-8,11-16H2,1-4H3,(H2,29,30,31,34). The van der Waals surface area contributed by atoms with Gasteiger partial charge >= 0.3 is 0 Å². The van der Waals surface area contributed by atoms with Gasteiger partial charge in [0, 0.05) is 55.7 Å². The predicted octanol–water partition coefficient (Wildman–Crippen LogP) is 4.48. The molecule has 8 heteroatoms. The van der Waals surface area contributed by atoms with Gasteiger partial charge in [-0.3, -0.25) is 9.78 Å². The Morgan fingerprint density at radius 2 is 1.75 bits per heavy atom. The number of pyridine rings is 2. The minimum Gasteiger partial charge on any atom is -0.493 e. The van der Waals surface area contributed by atoms with E-state index < -0.39 is 0 Å². The number of fused-ring (bicyclic) bond motifs is 1. The van der Waals surface area contributed by atoms with E-state index in [0.717, 1.165) is 40.7 Å². The molecule has 0 atom stereocenters. The maximum atomic E-state index is 12.6. The zero-order valence-corrected chi connectivity index (χ0v) is 22.0. The SMILES string of the molecule is COc1ccc2c(Nc3c(C)cncc3C)cc(=O)[nH]c2c1OCCCCCCN1CCN(C)CC1. The molecule has 36 heavy (non-hydrogen) atoms. The smallest absolute Gasteiger partial charge is 0.250 e. The molecule has 2 N–H and O–H groups in total. The highest BCUT2D eigenvalue weighted by Crippen LogP contribution is 2.37. The monoisotopic (exact) mass is 493 g/mol. The number of nitrogens with zero attached hydrogens (tertiary/aromatic N) is 3. The average molecular weight is 494 g/mol. The third-order valence-electron chi connectivity index (χ3n) is 6.95. The number of piperazine rings is 1. The van der Waals surface area contributed by atoms with E-state index in [1.54, 1.807) is 13.2 Å². The van der Waals surface area contributed by atoms with Crippen molar-refractivity contribution in [2.45, 2.75) is 39.5 Å². The second-order valence-electron chi connectivity index (χ2n) is 9.75. The summed E-state index contributed by atoms with van der Waals surface area (Å²) in [6.45, 7) is 10.4. The fourth-order valence-electron chi connectivity index (χ4n) is 4.76. The summed E-state index contributed by atoms with van der Waals surface area (Å²) in [4.78, 5) is 24.8. The second kappa shape index (κ2) is 12.2. The van der Waals surface area contributed by atoms with Crippen molar-refractivity contribution in [1.29, 1.82) is 0 Å². The summed E-state index contributed by atoms with van der Waals surface area (Å²) >= 11 is 0. The fraction of sp³-hybridized carbons (Fsp3) is 0.500. The van der Waals surface area contributed by atoms with E-state index in [9.17, 15) is 4.79 Å². The summed E-state index contributed by atoms with van der Waals surface area (Å²) in [5.41, 5.74) is 4.15. The number of aromatic nitrogens is 2. The summed E-state index contributed by atoms with van der Waals surface area (Å²) in [5, 5.41) is 4.31. The van der Waals surface area contributed by atoms with Crippen molar-refractivity contribution in [3.8, 4) is 11.5 Å². The lowest BCUT2D eigenvalue weighted by molar-refractivity contribution is 0.151. The minimum atomic E-state index is -0.198. The van der Waals surface area contributed by atoms with Gasteiger partial charge in [0.25, 0.3) is 5.56 Å². The van der Waals surface area contributed by atoms with Crippen LogP contribution in [-0.4, -0.2) is 73.3 Å². The molecule has 1 aromatic carbocycles. The molecule has 1 aliphatic heterocycles. The first-order valence-corrected chi connectivity index (χ1v) is 12.9. The maximum Gasteiger partial charge on any atom is 0.250 e. The third kappa shape index (κ3) is 6.36. The van der Waals surface area contributed by atoms with Crippen molar-refractivity contribution in [3.63, 3.8) is 0 Å². The van der Waals surface area contributed by atoms with Gasteiger partial charge in [0.05, 0.1) is 24.9 Å². The number of hydrogen-bond acceptors (Lipinski definition) is 7. The molecule has 194 valence electrons. The molecule has 1 saturated heterocycles. The van der Waals surface area contributed by atoms with Gasteiger partial charge in [-0.1, -0.05) is 12.8 Å².